The minimum Gasteiger partial charge on any atom is -0.497 e. The highest BCUT2D eigenvalue weighted by molar-refractivity contribution is 5.90. The molecule has 0 bridgehead atoms. The van der Waals surface area contributed by atoms with Gasteiger partial charge in [-0.15, -0.1) is 12.4 Å². The number of methoxy groups -OCH3 is 1. The molecule has 0 aromatic heterocycles. The summed E-state index contributed by atoms with van der Waals surface area (Å²) < 4.78 is 43.7. The maximum Gasteiger partial charge on any atom is 0.393 e. The number of nitrogens with one attached hydrogen (secondary N) is 1. The number of hydrogen-bond donors (Lipinski definition) is 2. The van der Waals surface area contributed by atoms with Crippen molar-refractivity contribution in [1.82, 2.24) is 4.90 Å². The van der Waals surface area contributed by atoms with Crippen molar-refractivity contribution in [1.29, 1.82) is 0 Å². The molecule has 2 rings (SSSR count). The fourth-order valence-corrected chi connectivity index (χ4v) is 2.81. The van der Waals surface area contributed by atoms with Gasteiger partial charge in [0.2, 0.25) is 5.91 Å². The normalized spacial score (nSPS) is 20.3. The number of hydrogen-bond acceptors (Lipinski definition) is 4. The summed E-state index contributed by atoms with van der Waals surface area (Å²) >= 11 is 0. The minimum absolute atomic E-state index is 0. The van der Waals surface area contributed by atoms with Crippen molar-refractivity contribution < 1.29 is 32.6 Å². The van der Waals surface area contributed by atoms with Crippen molar-refractivity contribution >= 4 is 30.0 Å². The van der Waals surface area contributed by atoms with Crippen molar-refractivity contribution in [3.63, 3.8) is 0 Å². The van der Waals surface area contributed by atoms with Crippen LogP contribution < -0.4 is 10.1 Å². The van der Waals surface area contributed by atoms with E-state index in [0.717, 1.165) is 0 Å². The van der Waals surface area contributed by atoms with Gasteiger partial charge in [-0.1, -0.05) is 0 Å². The Balaban J connectivity index is 0.00000338. The van der Waals surface area contributed by atoms with Gasteiger partial charge in [0.15, 0.2) is 0 Å². The number of benzene rings is 1. The molecule has 2 N–H and O–H groups in total. The molecule has 0 spiro atoms. The number of carbonyl (C=O) groups is 2. The van der Waals surface area contributed by atoms with Gasteiger partial charge in [-0.2, -0.15) is 13.2 Å². The van der Waals surface area contributed by atoms with E-state index in [1.165, 1.54) is 12.0 Å². The average Bonchev–Trinajstić information content (AvgIpc) is 2.98. The number of nitrogens with zero attached hydrogens (tertiary/aromatic N) is 1. The second-order valence-corrected chi connectivity index (χ2v) is 5.88. The summed E-state index contributed by atoms with van der Waals surface area (Å²) in [4.78, 5) is 24.3. The highest BCUT2D eigenvalue weighted by Crippen LogP contribution is 2.37. The number of ether oxygens (including phenoxy) is 1. The Bertz CT molecular complexity index is 625. The largest absolute Gasteiger partial charge is 0.497 e. The van der Waals surface area contributed by atoms with E-state index in [1.54, 1.807) is 24.3 Å². The first-order valence-electron chi connectivity index (χ1n) is 7.66. The van der Waals surface area contributed by atoms with E-state index in [9.17, 15) is 22.8 Å². The molecule has 1 aliphatic rings. The summed E-state index contributed by atoms with van der Waals surface area (Å²) in [6.07, 6.45) is -4.59. The Labute approximate surface area is 154 Å². The Morgan fingerprint density at radius 2 is 1.88 bits per heavy atom. The number of amides is 1. The molecule has 0 saturated carbocycles. The van der Waals surface area contributed by atoms with Gasteiger partial charge in [-0.05, 0) is 24.3 Å². The lowest BCUT2D eigenvalue weighted by molar-refractivity contribution is -0.188. The van der Waals surface area contributed by atoms with Crippen LogP contribution in [0, 0.1) is 11.8 Å². The van der Waals surface area contributed by atoms with Crippen LogP contribution in [0.15, 0.2) is 24.3 Å². The lowest BCUT2D eigenvalue weighted by Crippen LogP contribution is -2.33. The van der Waals surface area contributed by atoms with Gasteiger partial charge in [-0.25, -0.2) is 0 Å². The van der Waals surface area contributed by atoms with Gasteiger partial charge < -0.3 is 20.1 Å². The van der Waals surface area contributed by atoms with Crippen molar-refractivity contribution in [2.45, 2.75) is 12.6 Å². The third-order valence-electron chi connectivity index (χ3n) is 4.16. The summed E-state index contributed by atoms with van der Waals surface area (Å²) in [5, 5.41) is 11.6. The van der Waals surface area contributed by atoms with Gasteiger partial charge in [0.1, 0.15) is 5.75 Å². The number of carboxylic acids is 1. The van der Waals surface area contributed by atoms with E-state index in [4.69, 9.17) is 9.84 Å². The number of carboxylic acid groups (broad SMARTS) is 1. The Morgan fingerprint density at radius 3 is 2.35 bits per heavy atom. The van der Waals surface area contributed by atoms with Gasteiger partial charge in [0, 0.05) is 31.7 Å². The third-order valence-corrected chi connectivity index (χ3v) is 4.16. The summed E-state index contributed by atoms with van der Waals surface area (Å²) in [6, 6.07) is 6.63. The molecule has 6 nitrogen and oxygen atoms in total. The van der Waals surface area contributed by atoms with Gasteiger partial charge in [0.25, 0.3) is 0 Å². The molecular weight excluding hydrogens is 377 g/mol. The van der Waals surface area contributed by atoms with Gasteiger partial charge >= 0.3 is 12.1 Å². The molecule has 1 fully saturated rings. The molecule has 1 aromatic rings. The Morgan fingerprint density at radius 1 is 1.27 bits per heavy atom. The molecular formula is C16H20ClF3N2O4. The zero-order valence-corrected chi connectivity index (χ0v) is 14.8. The first kappa shape index (κ1) is 22.0. The van der Waals surface area contributed by atoms with Crippen LogP contribution >= 0.6 is 12.4 Å². The molecule has 0 radical (unpaired) electrons. The predicted octanol–water partition coefficient (Wildman–Crippen LogP) is 2.64. The Hall–Kier alpha value is -2.00. The fraction of sp³-hybridized carbons (Fsp3) is 0.500. The summed E-state index contributed by atoms with van der Waals surface area (Å²) in [6.45, 7) is -0.552. The van der Waals surface area contributed by atoms with Crippen molar-refractivity contribution in [3.05, 3.63) is 24.3 Å². The van der Waals surface area contributed by atoms with Crippen LogP contribution in [0.25, 0.3) is 0 Å². The SMILES string of the molecule is COc1ccc(NC(=O)CCN2C[C@@H](C(F)(F)F)[C@H](C(=O)O)C2)cc1.Cl. The second kappa shape index (κ2) is 9.09. The maximum atomic E-state index is 12.9. The Kier molecular flexibility index (Phi) is 7.70. The number of aliphatic carboxylic acids is 1. The average molecular weight is 397 g/mol. The second-order valence-electron chi connectivity index (χ2n) is 5.88. The van der Waals surface area contributed by atoms with Crippen LogP contribution in [0.1, 0.15) is 6.42 Å². The highest BCUT2D eigenvalue weighted by atomic mass is 35.5. The first-order chi connectivity index (χ1) is 11.7. The van der Waals surface area contributed by atoms with E-state index >= 15 is 0 Å². The molecule has 1 aliphatic heterocycles. The molecule has 2 atom stereocenters. The standard InChI is InChI=1S/C16H19F3N2O4.ClH/c1-25-11-4-2-10(3-5-11)20-14(22)6-7-21-8-12(15(23)24)13(9-21)16(17,18)19;/h2-5,12-13H,6-9H2,1H3,(H,20,22)(H,23,24);1H/t12-,13-;/m1./s1. The summed E-state index contributed by atoms with van der Waals surface area (Å²) in [5.41, 5.74) is 0.545. The molecule has 26 heavy (non-hydrogen) atoms. The molecule has 1 heterocycles. The summed E-state index contributed by atoms with van der Waals surface area (Å²) in [5.74, 6) is -4.59. The molecule has 0 unspecified atom stereocenters. The van der Waals surface area contributed by atoms with Gasteiger partial charge in [0.05, 0.1) is 18.9 Å². The van der Waals surface area contributed by atoms with Crippen molar-refractivity contribution in [2.24, 2.45) is 11.8 Å². The minimum atomic E-state index is -4.57. The fourth-order valence-electron chi connectivity index (χ4n) is 2.81. The zero-order chi connectivity index (χ0) is 18.6. The molecule has 1 amide bonds. The molecule has 0 aliphatic carbocycles. The topological polar surface area (TPSA) is 78.9 Å². The van der Waals surface area contributed by atoms with E-state index in [-0.39, 0.29) is 37.8 Å². The molecule has 146 valence electrons. The van der Waals surface area contributed by atoms with Crippen molar-refractivity contribution in [3.8, 4) is 5.75 Å². The van der Waals surface area contributed by atoms with Gasteiger partial charge in [-0.3, -0.25) is 9.59 Å². The van der Waals surface area contributed by atoms with E-state index in [0.29, 0.717) is 11.4 Å². The van der Waals surface area contributed by atoms with E-state index in [1.807, 2.05) is 0 Å². The number of halogens is 4. The number of carbonyl (C=O) groups excluding carboxylic acids is 1. The molecule has 1 saturated heterocycles. The molecule has 1 aromatic carbocycles. The zero-order valence-electron chi connectivity index (χ0n) is 14.0. The van der Waals surface area contributed by atoms with Crippen LogP contribution in [0.4, 0.5) is 18.9 Å². The van der Waals surface area contributed by atoms with Crippen LogP contribution in [-0.2, 0) is 9.59 Å². The van der Waals surface area contributed by atoms with Crippen LogP contribution in [0.3, 0.4) is 0 Å². The number of alkyl halides is 3. The lowest BCUT2D eigenvalue weighted by Gasteiger charge is -2.18. The number of anilines is 1. The number of rotatable bonds is 6. The maximum absolute atomic E-state index is 12.9. The monoisotopic (exact) mass is 396 g/mol. The smallest absolute Gasteiger partial charge is 0.393 e. The van der Waals surface area contributed by atoms with E-state index in [2.05, 4.69) is 5.32 Å². The number of likely N-dealkylation sites (tertiary alicyclic amines) is 1. The highest BCUT2D eigenvalue weighted by Gasteiger charge is 2.52. The van der Waals surface area contributed by atoms with Crippen LogP contribution in [0.5, 0.6) is 5.75 Å². The lowest BCUT2D eigenvalue weighted by atomic mass is 9.96. The third kappa shape index (κ3) is 5.77. The van der Waals surface area contributed by atoms with Crippen LogP contribution in [-0.4, -0.2) is 54.8 Å². The molecule has 10 heteroatoms. The van der Waals surface area contributed by atoms with Crippen molar-refractivity contribution in [2.75, 3.05) is 32.1 Å². The predicted molar refractivity (Wildman–Crippen MR) is 90.6 cm³/mol. The first-order valence-corrected chi connectivity index (χ1v) is 7.66. The quantitative estimate of drug-likeness (QED) is 0.773. The summed E-state index contributed by atoms with van der Waals surface area (Å²) in [7, 11) is 1.52. The van der Waals surface area contributed by atoms with E-state index < -0.39 is 30.5 Å². The van der Waals surface area contributed by atoms with Crippen LogP contribution in [0.2, 0.25) is 0 Å².